The smallest absolute Gasteiger partial charge is 0.223 e. The second-order valence-corrected chi connectivity index (χ2v) is 8.76. The van der Waals surface area contributed by atoms with E-state index in [-0.39, 0.29) is 11.9 Å². The number of thiophene rings is 2. The van der Waals surface area contributed by atoms with Crippen LogP contribution in [0.1, 0.15) is 33.3 Å². The molecule has 2 aromatic heterocycles. The summed E-state index contributed by atoms with van der Waals surface area (Å²) in [7, 11) is 3.28. The van der Waals surface area contributed by atoms with E-state index in [0.29, 0.717) is 12.8 Å². The molecule has 0 radical (unpaired) electrons. The molecule has 4 nitrogen and oxygen atoms in total. The molecule has 0 aliphatic carbocycles. The first kappa shape index (κ1) is 19.0. The molecule has 1 aliphatic heterocycles. The Labute approximate surface area is 173 Å². The molecule has 0 saturated heterocycles. The van der Waals surface area contributed by atoms with Gasteiger partial charge in [0.1, 0.15) is 11.5 Å². The molecule has 28 heavy (non-hydrogen) atoms. The van der Waals surface area contributed by atoms with Crippen molar-refractivity contribution < 1.29 is 14.3 Å². The molecule has 1 amide bonds. The number of ether oxygens (including phenoxy) is 2. The number of methoxy groups -OCH3 is 2. The number of carbonyl (C=O) groups excluding carboxylic acids is 1. The van der Waals surface area contributed by atoms with Crippen LogP contribution in [0.2, 0.25) is 0 Å². The molecule has 3 aromatic rings. The lowest BCUT2D eigenvalue weighted by atomic mass is 9.97. The van der Waals surface area contributed by atoms with Crippen LogP contribution in [-0.2, 0) is 17.6 Å². The molecular weight excluding hydrogens is 390 g/mol. The number of aryl methyl sites for hydroxylation is 1. The van der Waals surface area contributed by atoms with Gasteiger partial charge in [-0.1, -0.05) is 6.07 Å². The van der Waals surface area contributed by atoms with E-state index in [1.165, 1.54) is 15.3 Å². The standard InChI is InChI=1S/C22H23NO3S2/c1-25-16-12-15(13-17(14-16)26-2)5-6-21(24)23-9-7-19-18(8-11-28-19)22(23)20-4-3-10-27-20/h3-4,8,10-14,22H,5-7,9H2,1-2H3/t22-/m1/s1. The second kappa shape index (κ2) is 8.37. The van der Waals surface area contributed by atoms with Crippen molar-refractivity contribution in [2.24, 2.45) is 0 Å². The fourth-order valence-corrected chi connectivity index (χ4v) is 5.50. The lowest BCUT2D eigenvalue weighted by molar-refractivity contribution is -0.133. The van der Waals surface area contributed by atoms with Crippen molar-refractivity contribution in [1.82, 2.24) is 4.90 Å². The number of fused-ring (bicyclic) bond motifs is 1. The molecule has 1 aromatic carbocycles. The summed E-state index contributed by atoms with van der Waals surface area (Å²) in [4.78, 5) is 17.9. The summed E-state index contributed by atoms with van der Waals surface area (Å²) >= 11 is 3.52. The fourth-order valence-electron chi connectivity index (χ4n) is 3.74. The quantitative estimate of drug-likeness (QED) is 0.575. The predicted octanol–water partition coefficient (Wildman–Crippen LogP) is 4.93. The van der Waals surface area contributed by atoms with Gasteiger partial charge in [0.15, 0.2) is 0 Å². The van der Waals surface area contributed by atoms with Crippen molar-refractivity contribution in [3.63, 3.8) is 0 Å². The van der Waals surface area contributed by atoms with Crippen molar-refractivity contribution >= 4 is 28.6 Å². The molecule has 0 bridgehead atoms. The molecule has 0 unspecified atom stereocenters. The summed E-state index contributed by atoms with van der Waals surface area (Å²) in [5, 5.41) is 4.23. The average molecular weight is 414 g/mol. The number of amides is 1. The minimum atomic E-state index is 0.0438. The first-order chi connectivity index (χ1) is 13.7. The maximum atomic E-state index is 13.2. The van der Waals surface area contributed by atoms with Crippen LogP contribution in [0, 0.1) is 0 Å². The number of nitrogens with zero attached hydrogens (tertiary/aromatic N) is 1. The van der Waals surface area contributed by atoms with Gasteiger partial charge in [-0.15, -0.1) is 22.7 Å². The highest BCUT2D eigenvalue weighted by atomic mass is 32.1. The van der Waals surface area contributed by atoms with Crippen LogP contribution in [-0.4, -0.2) is 31.6 Å². The topological polar surface area (TPSA) is 38.8 Å². The first-order valence-corrected chi connectivity index (χ1v) is 11.1. The van der Waals surface area contributed by atoms with E-state index in [0.717, 1.165) is 30.0 Å². The SMILES string of the molecule is COc1cc(CCC(=O)N2CCc3sccc3[C@@H]2c2cccs2)cc(OC)c1. The van der Waals surface area contributed by atoms with Crippen molar-refractivity contribution in [1.29, 1.82) is 0 Å². The average Bonchev–Trinajstić information content (AvgIpc) is 3.42. The zero-order valence-corrected chi connectivity index (χ0v) is 17.6. The molecule has 3 heterocycles. The Hall–Kier alpha value is -2.31. The lowest BCUT2D eigenvalue weighted by Gasteiger charge is -2.35. The summed E-state index contributed by atoms with van der Waals surface area (Å²) in [5.74, 6) is 1.69. The van der Waals surface area contributed by atoms with E-state index >= 15 is 0 Å². The van der Waals surface area contributed by atoms with Crippen LogP contribution >= 0.6 is 22.7 Å². The van der Waals surface area contributed by atoms with Gasteiger partial charge in [-0.05, 0) is 59.0 Å². The molecule has 4 rings (SSSR count). The van der Waals surface area contributed by atoms with Crippen molar-refractivity contribution in [3.05, 3.63) is 68.0 Å². The van der Waals surface area contributed by atoms with Gasteiger partial charge in [0, 0.05) is 28.8 Å². The highest BCUT2D eigenvalue weighted by Gasteiger charge is 2.33. The van der Waals surface area contributed by atoms with Crippen LogP contribution in [0.3, 0.4) is 0 Å². The van der Waals surface area contributed by atoms with Crippen LogP contribution in [0.4, 0.5) is 0 Å². The van der Waals surface area contributed by atoms with Crippen LogP contribution in [0.15, 0.2) is 47.2 Å². The molecule has 0 saturated carbocycles. The van der Waals surface area contributed by atoms with Gasteiger partial charge in [-0.3, -0.25) is 4.79 Å². The third-order valence-corrected chi connectivity index (χ3v) is 7.06. The Morgan fingerprint density at radius 1 is 1.11 bits per heavy atom. The molecule has 0 fully saturated rings. The highest BCUT2D eigenvalue weighted by Crippen LogP contribution is 2.39. The van der Waals surface area contributed by atoms with Crippen LogP contribution in [0.25, 0.3) is 0 Å². The van der Waals surface area contributed by atoms with Crippen molar-refractivity contribution in [2.75, 3.05) is 20.8 Å². The van der Waals surface area contributed by atoms with Gasteiger partial charge in [0.2, 0.25) is 5.91 Å². The zero-order valence-electron chi connectivity index (χ0n) is 16.0. The molecule has 1 atom stereocenters. The Morgan fingerprint density at radius 2 is 1.89 bits per heavy atom. The van der Waals surface area contributed by atoms with E-state index in [1.54, 1.807) is 36.9 Å². The van der Waals surface area contributed by atoms with Gasteiger partial charge in [-0.2, -0.15) is 0 Å². The largest absolute Gasteiger partial charge is 0.497 e. The lowest BCUT2D eigenvalue weighted by Crippen LogP contribution is -2.39. The van der Waals surface area contributed by atoms with Crippen molar-refractivity contribution in [3.8, 4) is 11.5 Å². The summed E-state index contributed by atoms with van der Waals surface area (Å²) in [6.45, 7) is 0.774. The van der Waals surface area contributed by atoms with Gasteiger partial charge < -0.3 is 14.4 Å². The van der Waals surface area contributed by atoms with Gasteiger partial charge in [0.25, 0.3) is 0 Å². The zero-order chi connectivity index (χ0) is 19.5. The summed E-state index contributed by atoms with van der Waals surface area (Å²) in [6.07, 6.45) is 2.07. The maximum absolute atomic E-state index is 13.2. The van der Waals surface area contributed by atoms with Gasteiger partial charge in [-0.25, -0.2) is 0 Å². The summed E-state index contributed by atoms with van der Waals surface area (Å²) in [5.41, 5.74) is 2.33. The van der Waals surface area contributed by atoms with E-state index in [9.17, 15) is 4.79 Å². The Balaban J connectivity index is 1.53. The summed E-state index contributed by atoms with van der Waals surface area (Å²) < 4.78 is 10.7. The molecule has 1 aliphatic rings. The van der Waals surface area contributed by atoms with Gasteiger partial charge >= 0.3 is 0 Å². The Bertz CT molecular complexity index is 926. The third-order valence-electron chi connectivity index (χ3n) is 5.14. The molecular formula is C22H23NO3S2. The Morgan fingerprint density at radius 3 is 2.57 bits per heavy atom. The van der Waals surface area contributed by atoms with E-state index in [2.05, 4.69) is 33.9 Å². The highest BCUT2D eigenvalue weighted by molar-refractivity contribution is 7.10. The third kappa shape index (κ3) is 3.80. The summed E-state index contributed by atoms with van der Waals surface area (Å²) in [6, 6.07) is 12.2. The number of hydrogen-bond acceptors (Lipinski definition) is 5. The number of carbonyl (C=O) groups is 1. The fraction of sp³-hybridized carbons (Fsp3) is 0.318. The molecule has 146 valence electrons. The number of rotatable bonds is 6. The van der Waals surface area contributed by atoms with Crippen LogP contribution in [0.5, 0.6) is 11.5 Å². The minimum absolute atomic E-state index is 0.0438. The maximum Gasteiger partial charge on any atom is 0.223 e. The normalized spacial score (nSPS) is 15.9. The Kier molecular flexibility index (Phi) is 5.69. The van der Waals surface area contributed by atoms with E-state index < -0.39 is 0 Å². The van der Waals surface area contributed by atoms with E-state index in [4.69, 9.17) is 9.47 Å². The monoisotopic (exact) mass is 413 g/mol. The molecule has 6 heteroatoms. The van der Waals surface area contributed by atoms with Gasteiger partial charge in [0.05, 0.1) is 20.3 Å². The number of hydrogen-bond donors (Lipinski definition) is 0. The van der Waals surface area contributed by atoms with Crippen molar-refractivity contribution in [2.45, 2.75) is 25.3 Å². The first-order valence-electron chi connectivity index (χ1n) is 9.30. The van der Waals surface area contributed by atoms with Crippen LogP contribution < -0.4 is 9.47 Å². The number of benzene rings is 1. The minimum Gasteiger partial charge on any atom is -0.497 e. The molecule has 0 N–H and O–H groups in total. The molecule has 0 spiro atoms. The second-order valence-electron chi connectivity index (χ2n) is 6.78. The van der Waals surface area contributed by atoms with E-state index in [1.807, 2.05) is 18.2 Å². The predicted molar refractivity (Wildman–Crippen MR) is 114 cm³/mol.